The molecule has 1 heterocycles. The van der Waals surface area contributed by atoms with E-state index < -0.39 is 11.9 Å². The Labute approximate surface area is 148 Å². The fourth-order valence-electron chi connectivity index (χ4n) is 1.79. The van der Waals surface area contributed by atoms with Gasteiger partial charge in [-0.3, -0.25) is 4.79 Å². The Morgan fingerprint density at radius 3 is 2.50 bits per heavy atom. The van der Waals surface area contributed by atoms with Gasteiger partial charge in [-0.2, -0.15) is 0 Å². The number of esters is 1. The Hall–Kier alpha value is -2.54. The molecule has 0 unspecified atom stereocenters. The Kier molecular flexibility index (Phi) is 6.20. The second-order valence-corrected chi connectivity index (χ2v) is 5.85. The van der Waals surface area contributed by atoms with Crippen molar-refractivity contribution in [3.05, 3.63) is 52.9 Å². The third kappa shape index (κ3) is 5.58. The number of ether oxygens (including phenoxy) is 1. The number of nitrogens with one attached hydrogen (secondary N) is 1. The van der Waals surface area contributed by atoms with Gasteiger partial charge >= 0.3 is 5.97 Å². The summed E-state index contributed by atoms with van der Waals surface area (Å²) in [6, 6.07) is 10.7. The van der Waals surface area contributed by atoms with E-state index in [0.717, 1.165) is 5.69 Å². The average molecular weight is 393 g/mol. The minimum absolute atomic E-state index is 0.361. The topological polar surface area (TPSA) is 71.8 Å². The molecule has 126 valence electrons. The predicted octanol–water partition coefficient (Wildman–Crippen LogP) is 3.30. The second-order valence-electron chi connectivity index (χ2n) is 5.07. The van der Waals surface area contributed by atoms with E-state index >= 15 is 0 Å². The predicted molar refractivity (Wildman–Crippen MR) is 95.8 cm³/mol. The molecule has 0 atom stereocenters. The van der Waals surface area contributed by atoms with Crippen LogP contribution in [0.15, 0.2) is 51.6 Å². The van der Waals surface area contributed by atoms with Crippen molar-refractivity contribution in [1.82, 2.24) is 0 Å². The molecule has 0 saturated heterocycles. The van der Waals surface area contributed by atoms with Gasteiger partial charge in [0.15, 0.2) is 11.3 Å². The van der Waals surface area contributed by atoms with Crippen LogP contribution in [-0.2, 0) is 14.3 Å². The summed E-state index contributed by atoms with van der Waals surface area (Å²) in [5, 5.41) is 2.66. The van der Waals surface area contributed by atoms with Crippen molar-refractivity contribution < 1.29 is 18.7 Å². The van der Waals surface area contributed by atoms with Gasteiger partial charge < -0.3 is 19.4 Å². The van der Waals surface area contributed by atoms with Crippen LogP contribution in [0.25, 0.3) is 6.08 Å². The van der Waals surface area contributed by atoms with Crippen molar-refractivity contribution in [2.75, 3.05) is 30.9 Å². The minimum Gasteiger partial charge on any atom is -0.452 e. The third-order valence-corrected chi connectivity index (χ3v) is 3.42. The largest absolute Gasteiger partial charge is 0.452 e. The quantitative estimate of drug-likeness (QED) is 0.602. The molecule has 0 aliphatic carbocycles. The summed E-state index contributed by atoms with van der Waals surface area (Å²) >= 11 is 3.16. The molecule has 0 aliphatic rings. The highest BCUT2D eigenvalue weighted by molar-refractivity contribution is 9.10. The van der Waals surface area contributed by atoms with Crippen LogP contribution < -0.4 is 10.2 Å². The van der Waals surface area contributed by atoms with E-state index in [1.54, 1.807) is 24.3 Å². The lowest BCUT2D eigenvalue weighted by molar-refractivity contribution is -0.142. The van der Waals surface area contributed by atoms with Gasteiger partial charge in [0, 0.05) is 31.5 Å². The summed E-state index contributed by atoms with van der Waals surface area (Å²) in [5.41, 5.74) is 1.66. The monoisotopic (exact) mass is 392 g/mol. The first-order chi connectivity index (χ1) is 11.4. The number of halogens is 1. The Balaban J connectivity index is 1.78. The molecule has 6 nitrogen and oxygen atoms in total. The van der Waals surface area contributed by atoms with E-state index in [0.29, 0.717) is 16.1 Å². The first-order valence-electron chi connectivity index (χ1n) is 7.11. The molecule has 0 radical (unpaired) electrons. The number of amides is 1. The zero-order chi connectivity index (χ0) is 17.5. The van der Waals surface area contributed by atoms with Crippen LogP contribution in [0.1, 0.15) is 5.76 Å². The summed E-state index contributed by atoms with van der Waals surface area (Å²) in [7, 11) is 3.87. The first-order valence-corrected chi connectivity index (χ1v) is 7.91. The third-order valence-electron chi connectivity index (χ3n) is 2.99. The molecule has 1 amide bonds. The number of nitrogens with zero attached hydrogens (tertiary/aromatic N) is 1. The van der Waals surface area contributed by atoms with Crippen molar-refractivity contribution in [1.29, 1.82) is 0 Å². The van der Waals surface area contributed by atoms with Crippen molar-refractivity contribution in [2.45, 2.75) is 0 Å². The van der Waals surface area contributed by atoms with E-state index in [-0.39, 0.29) is 6.61 Å². The van der Waals surface area contributed by atoms with E-state index in [1.807, 2.05) is 31.1 Å². The molecule has 7 heteroatoms. The van der Waals surface area contributed by atoms with E-state index in [9.17, 15) is 9.59 Å². The number of hydrogen-bond donors (Lipinski definition) is 1. The first kappa shape index (κ1) is 17.8. The standard InChI is InChI=1S/C17H17BrN2O4/c1-20(2)13-5-3-12(4-6-13)19-16(21)11-23-17(22)10-8-14-7-9-15(18)24-14/h3-10H,11H2,1-2H3,(H,19,21). The molecule has 24 heavy (non-hydrogen) atoms. The van der Waals surface area contributed by atoms with Crippen LogP contribution in [0.2, 0.25) is 0 Å². The minimum atomic E-state index is -0.624. The van der Waals surface area contributed by atoms with Crippen molar-refractivity contribution in [2.24, 2.45) is 0 Å². The smallest absolute Gasteiger partial charge is 0.331 e. The van der Waals surface area contributed by atoms with Gasteiger partial charge in [-0.25, -0.2) is 4.79 Å². The van der Waals surface area contributed by atoms with Gasteiger partial charge in [0.1, 0.15) is 5.76 Å². The maximum Gasteiger partial charge on any atom is 0.331 e. The summed E-state index contributed by atoms with van der Waals surface area (Å²) in [6.45, 7) is -0.361. The van der Waals surface area contributed by atoms with Crippen molar-refractivity contribution >= 4 is 45.3 Å². The van der Waals surface area contributed by atoms with Gasteiger partial charge in [0.2, 0.25) is 0 Å². The van der Waals surface area contributed by atoms with Crippen molar-refractivity contribution in [3.63, 3.8) is 0 Å². The highest BCUT2D eigenvalue weighted by Crippen LogP contribution is 2.16. The zero-order valence-corrected chi connectivity index (χ0v) is 14.9. The number of benzene rings is 1. The summed E-state index contributed by atoms with van der Waals surface area (Å²) in [5.74, 6) is -0.528. The molecule has 0 bridgehead atoms. The molecular formula is C17H17BrN2O4. The van der Waals surface area contributed by atoms with Gasteiger partial charge in [0.25, 0.3) is 5.91 Å². The fraction of sp³-hybridized carbons (Fsp3) is 0.176. The molecule has 0 fully saturated rings. The van der Waals surface area contributed by atoms with Crippen molar-refractivity contribution in [3.8, 4) is 0 Å². The maximum absolute atomic E-state index is 11.8. The Morgan fingerprint density at radius 2 is 1.92 bits per heavy atom. The SMILES string of the molecule is CN(C)c1ccc(NC(=O)COC(=O)C=Cc2ccc(Br)o2)cc1. The van der Waals surface area contributed by atoms with E-state index in [2.05, 4.69) is 21.2 Å². The van der Waals surface area contributed by atoms with Crippen LogP contribution in [0, 0.1) is 0 Å². The normalized spacial score (nSPS) is 10.6. The zero-order valence-electron chi connectivity index (χ0n) is 13.3. The molecule has 0 aliphatic heterocycles. The Bertz CT molecular complexity index is 735. The molecular weight excluding hydrogens is 376 g/mol. The second kappa shape index (κ2) is 8.35. The van der Waals surface area contributed by atoms with Crippen LogP contribution in [0.3, 0.4) is 0 Å². The number of carbonyl (C=O) groups excluding carboxylic acids is 2. The van der Waals surface area contributed by atoms with Crippen LogP contribution >= 0.6 is 15.9 Å². The van der Waals surface area contributed by atoms with Gasteiger partial charge in [0.05, 0.1) is 0 Å². The van der Waals surface area contributed by atoms with Crippen LogP contribution in [0.4, 0.5) is 11.4 Å². The number of hydrogen-bond acceptors (Lipinski definition) is 5. The number of carbonyl (C=O) groups is 2. The molecule has 1 N–H and O–H groups in total. The highest BCUT2D eigenvalue weighted by Gasteiger charge is 2.06. The lowest BCUT2D eigenvalue weighted by atomic mass is 10.2. The molecule has 2 aromatic rings. The van der Waals surface area contributed by atoms with Gasteiger partial charge in [-0.05, 0) is 58.4 Å². The van der Waals surface area contributed by atoms with Crippen LogP contribution in [0.5, 0.6) is 0 Å². The van der Waals surface area contributed by atoms with E-state index in [1.165, 1.54) is 12.2 Å². The van der Waals surface area contributed by atoms with E-state index in [4.69, 9.17) is 9.15 Å². The molecule has 1 aromatic carbocycles. The highest BCUT2D eigenvalue weighted by atomic mass is 79.9. The summed E-state index contributed by atoms with van der Waals surface area (Å²) in [4.78, 5) is 25.3. The molecule has 1 aromatic heterocycles. The number of rotatable bonds is 6. The maximum atomic E-state index is 11.8. The number of furan rings is 1. The Morgan fingerprint density at radius 1 is 1.21 bits per heavy atom. The molecule has 2 rings (SSSR count). The van der Waals surface area contributed by atoms with Crippen LogP contribution in [-0.4, -0.2) is 32.6 Å². The lowest BCUT2D eigenvalue weighted by Gasteiger charge is -2.13. The average Bonchev–Trinajstić information content (AvgIpc) is 2.97. The number of anilines is 2. The van der Waals surface area contributed by atoms with Gasteiger partial charge in [-0.15, -0.1) is 0 Å². The summed E-state index contributed by atoms with van der Waals surface area (Å²) < 4.78 is 10.6. The van der Waals surface area contributed by atoms with Gasteiger partial charge in [-0.1, -0.05) is 0 Å². The lowest BCUT2D eigenvalue weighted by Crippen LogP contribution is -2.20. The molecule has 0 spiro atoms. The molecule has 0 saturated carbocycles. The fourth-order valence-corrected chi connectivity index (χ4v) is 2.11. The summed E-state index contributed by atoms with van der Waals surface area (Å²) in [6.07, 6.45) is 2.66.